The zero-order valence-electron chi connectivity index (χ0n) is 12.7. The average molecular weight is 310 g/mol. The van der Waals surface area contributed by atoms with Gasteiger partial charge in [-0.05, 0) is 25.0 Å². The molecule has 0 atom stereocenters. The molecule has 3 aromatic rings. The fourth-order valence-electron chi connectivity index (χ4n) is 2.41. The first-order valence-corrected chi connectivity index (χ1v) is 7.58. The van der Waals surface area contributed by atoms with Crippen molar-refractivity contribution in [2.75, 3.05) is 0 Å². The molecule has 1 aromatic carbocycles. The van der Waals surface area contributed by atoms with Gasteiger partial charge in [0.25, 0.3) is 5.56 Å². The Balaban J connectivity index is 1.53. The van der Waals surface area contributed by atoms with Gasteiger partial charge in [0.2, 0.25) is 0 Å². The lowest BCUT2D eigenvalue weighted by molar-refractivity contribution is 0.450. The standard InChI is InChI=1S/C17H18N4O2/c22-16-9-6-11-20(17(16)23)10-4-5-12-21-13-15(18-19-21)14-7-2-1-3-8-14/h1-3,6-9,11,13,22H,4-5,10,12H2. The van der Waals surface area contributed by atoms with E-state index in [-0.39, 0.29) is 11.3 Å². The van der Waals surface area contributed by atoms with Crippen LogP contribution in [-0.4, -0.2) is 24.7 Å². The largest absolute Gasteiger partial charge is 0.503 e. The van der Waals surface area contributed by atoms with Crippen LogP contribution in [0.2, 0.25) is 0 Å². The number of rotatable bonds is 6. The molecule has 23 heavy (non-hydrogen) atoms. The fourth-order valence-corrected chi connectivity index (χ4v) is 2.41. The molecule has 2 heterocycles. The van der Waals surface area contributed by atoms with E-state index in [9.17, 15) is 9.90 Å². The summed E-state index contributed by atoms with van der Waals surface area (Å²) in [6.45, 7) is 1.32. The van der Waals surface area contributed by atoms with Crippen molar-refractivity contribution in [1.29, 1.82) is 0 Å². The molecular weight excluding hydrogens is 292 g/mol. The van der Waals surface area contributed by atoms with Gasteiger partial charge in [0, 0.05) is 24.8 Å². The lowest BCUT2D eigenvalue weighted by atomic mass is 10.2. The summed E-state index contributed by atoms with van der Waals surface area (Å²) in [5.41, 5.74) is 1.56. The molecule has 2 aromatic heterocycles. The van der Waals surface area contributed by atoms with Crippen molar-refractivity contribution in [2.24, 2.45) is 0 Å². The highest BCUT2D eigenvalue weighted by Crippen LogP contribution is 2.15. The van der Waals surface area contributed by atoms with Gasteiger partial charge in [-0.25, -0.2) is 0 Å². The molecule has 0 saturated carbocycles. The van der Waals surface area contributed by atoms with Crippen molar-refractivity contribution >= 4 is 0 Å². The molecule has 0 unspecified atom stereocenters. The Morgan fingerprint density at radius 2 is 1.78 bits per heavy atom. The number of hydrogen-bond donors (Lipinski definition) is 1. The van der Waals surface area contributed by atoms with Gasteiger partial charge in [0.05, 0.1) is 6.20 Å². The number of aromatic hydroxyl groups is 1. The van der Waals surface area contributed by atoms with E-state index < -0.39 is 0 Å². The Morgan fingerprint density at radius 1 is 1.00 bits per heavy atom. The molecule has 0 aliphatic rings. The predicted molar refractivity (Wildman–Crippen MR) is 87.1 cm³/mol. The minimum absolute atomic E-state index is 0.212. The predicted octanol–water partition coefficient (Wildman–Crippen LogP) is 2.29. The summed E-state index contributed by atoms with van der Waals surface area (Å²) in [7, 11) is 0. The second-order valence-electron chi connectivity index (χ2n) is 5.33. The highest BCUT2D eigenvalue weighted by atomic mass is 16.3. The molecule has 6 heteroatoms. The summed E-state index contributed by atoms with van der Waals surface area (Å²) < 4.78 is 3.33. The Hall–Kier alpha value is -2.89. The zero-order valence-corrected chi connectivity index (χ0v) is 12.7. The summed E-state index contributed by atoms with van der Waals surface area (Å²) in [6.07, 6.45) is 5.31. The van der Waals surface area contributed by atoms with Crippen LogP contribution in [0.25, 0.3) is 11.3 Å². The van der Waals surface area contributed by atoms with E-state index in [0.717, 1.165) is 30.6 Å². The van der Waals surface area contributed by atoms with E-state index in [4.69, 9.17) is 0 Å². The smallest absolute Gasteiger partial charge is 0.292 e. The Bertz CT molecular complexity index is 824. The quantitative estimate of drug-likeness (QED) is 0.709. The lowest BCUT2D eigenvalue weighted by Gasteiger charge is -2.05. The molecule has 3 rings (SSSR count). The van der Waals surface area contributed by atoms with E-state index in [2.05, 4.69) is 10.3 Å². The first-order chi connectivity index (χ1) is 11.2. The van der Waals surface area contributed by atoms with Crippen LogP contribution in [0.15, 0.2) is 59.7 Å². The molecule has 0 radical (unpaired) electrons. The van der Waals surface area contributed by atoms with Crippen LogP contribution in [0.5, 0.6) is 5.75 Å². The minimum atomic E-state index is -0.348. The molecular formula is C17H18N4O2. The Labute approximate surface area is 133 Å². The first kappa shape index (κ1) is 15.0. The van der Waals surface area contributed by atoms with Crippen LogP contribution in [0, 0.1) is 0 Å². The topological polar surface area (TPSA) is 72.9 Å². The maximum atomic E-state index is 11.7. The van der Waals surface area contributed by atoms with Crippen molar-refractivity contribution in [2.45, 2.75) is 25.9 Å². The van der Waals surface area contributed by atoms with Crippen LogP contribution >= 0.6 is 0 Å². The number of nitrogens with zero attached hydrogens (tertiary/aromatic N) is 4. The Morgan fingerprint density at radius 3 is 2.61 bits per heavy atom. The number of benzene rings is 1. The lowest BCUT2D eigenvalue weighted by Crippen LogP contribution is -2.18. The number of hydrogen-bond acceptors (Lipinski definition) is 4. The van der Waals surface area contributed by atoms with Crippen molar-refractivity contribution in [3.8, 4) is 17.0 Å². The van der Waals surface area contributed by atoms with E-state index in [0.29, 0.717) is 6.54 Å². The molecule has 0 amide bonds. The molecule has 0 saturated heterocycles. The van der Waals surface area contributed by atoms with E-state index in [1.165, 1.54) is 10.6 Å². The molecule has 0 fully saturated rings. The second-order valence-corrected chi connectivity index (χ2v) is 5.33. The maximum Gasteiger partial charge on any atom is 0.292 e. The molecule has 6 nitrogen and oxygen atoms in total. The second kappa shape index (κ2) is 6.91. The van der Waals surface area contributed by atoms with Gasteiger partial charge < -0.3 is 9.67 Å². The van der Waals surface area contributed by atoms with Crippen molar-refractivity contribution in [3.05, 3.63) is 65.2 Å². The van der Waals surface area contributed by atoms with Crippen LogP contribution < -0.4 is 5.56 Å². The van der Waals surface area contributed by atoms with E-state index in [1.807, 2.05) is 41.2 Å². The van der Waals surface area contributed by atoms with Gasteiger partial charge in [-0.15, -0.1) is 5.10 Å². The van der Waals surface area contributed by atoms with Crippen LogP contribution in [0.3, 0.4) is 0 Å². The third-order valence-electron chi connectivity index (χ3n) is 3.64. The normalized spacial score (nSPS) is 10.8. The fraction of sp³-hybridized carbons (Fsp3) is 0.235. The average Bonchev–Trinajstić information content (AvgIpc) is 3.05. The summed E-state index contributed by atoms with van der Waals surface area (Å²) in [5.74, 6) is -0.212. The zero-order chi connectivity index (χ0) is 16.1. The number of aryl methyl sites for hydroxylation is 2. The molecule has 0 aliphatic heterocycles. The van der Waals surface area contributed by atoms with Crippen LogP contribution in [0.4, 0.5) is 0 Å². The molecule has 1 N–H and O–H groups in total. The van der Waals surface area contributed by atoms with Gasteiger partial charge in [-0.1, -0.05) is 35.5 Å². The SMILES string of the molecule is O=c1c(O)cccn1CCCCn1cc(-c2ccccc2)nn1. The molecule has 0 bridgehead atoms. The summed E-state index contributed by atoms with van der Waals surface area (Å²) in [5, 5.41) is 17.7. The summed E-state index contributed by atoms with van der Waals surface area (Å²) in [6, 6.07) is 13.0. The summed E-state index contributed by atoms with van der Waals surface area (Å²) in [4.78, 5) is 11.7. The van der Waals surface area contributed by atoms with E-state index in [1.54, 1.807) is 12.3 Å². The third kappa shape index (κ3) is 3.66. The molecule has 0 spiro atoms. The molecule has 0 aliphatic carbocycles. The number of aromatic nitrogens is 4. The number of pyridine rings is 1. The van der Waals surface area contributed by atoms with Gasteiger partial charge in [0.1, 0.15) is 5.69 Å². The van der Waals surface area contributed by atoms with Gasteiger partial charge in [-0.2, -0.15) is 0 Å². The first-order valence-electron chi connectivity index (χ1n) is 7.58. The van der Waals surface area contributed by atoms with Crippen molar-refractivity contribution < 1.29 is 5.11 Å². The van der Waals surface area contributed by atoms with E-state index >= 15 is 0 Å². The van der Waals surface area contributed by atoms with Gasteiger partial charge in [0.15, 0.2) is 5.75 Å². The Kier molecular flexibility index (Phi) is 4.52. The molecule has 118 valence electrons. The minimum Gasteiger partial charge on any atom is -0.503 e. The highest BCUT2D eigenvalue weighted by Gasteiger charge is 2.04. The van der Waals surface area contributed by atoms with Crippen LogP contribution in [-0.2, 0) is 13.1 Å². The maximum absolute atomic E-state index is 11.7. The van der Waals surface area contributed by atoms with Crippen LogP contribution in [0.1, 0.15) is 12.8 Å². The van der Waals surface area contributed by atoms with Crippen molar-refractivity contribution in [1.82, 2.24) is 19.6 Å². The summed E-state index contributed by atoms with van der Waals surface area (Å²) >= 11 is 0. The van der Waals surface area contributed by atoms with Gasteiger partial charge in [-0.3, -0.25) is 9.48 Å². The highest BCUT2D eigenvalue weighted by molar-refractivity contribution is 5.57. The van der Waals surface area contributed by atoms with Crippen molar-refractivity contribution in [3.63, 3.8) is 0 Å². The third-order valence-corrected chi connectivity index (χ3v) is 3.64. The monoisotopic (exact) mass is 310 g/mol. The number of unbranched alkanes of at least 4 members (excludes halogenated alkanes) is 1. The van der Waals surface area contributed by atoms with Gasteiger partial charge >= 0.3 is 0 Å².